The Morgan fingerprint density at radius 2 is 1.91 bits per heavy atom. The molecule has 3 rings (SSSR count). The van der Waals surface area contributed by atoms with Crippen molar-refractivity contribution in [3.8, 4) is 0 Å². The minimum absolute atomic E-state index is 0.0110. The second kappa shape index (κ2) is 5.91. The van der Waals surface area contributed by atoms with Gasteiger partial charge in [-0.2, -0.15) is 0 Å². The van der Waals surface area contributed by atoms with Gasteiger partial charge in [0.25, 0.3) is 5.56 Å². The van der Waals surface area contributed by atoms with Crippen molar-refractivity contribution >= 4 is 16.9 Å². The SMILES string of the molecule is C[C@@H]1C[C@@H](C)CN(C(=O)Cn2c(=O)cnc3ccccc32)C1. The summed E-state index contributed by atoms with van der Waals surface area (Å²) in [6.07, 6.45) is 2.44. The third-order valence-corrected chi connectivity index (χ3v) is 4.27. The summed E-state index contributed by atoms with van der Waals surface area (Å²) in [6.45, 7) is 5.98. The first-order valence-electron chi connectivity index (χ1n) is 7.77. The Labute approximate surface area is 129 Å². The van der Waals surface area contributed by atoms with Crippen LogP contribution < -0.4 is 5.56 Å². The molecule has 0 N–H and O–H groups in total. The van der Waals surface area contributed by atoms with Crippen molar-refractivity contribution in [2.24, 2.45) is 11.8 Å². The Hall–Kier alpha value is -2.17. The van der Waals surface area contributed by atoms with E-state index in [-0.39, 0.29) is 18.0 Å². The second-order valence-electron chi connectivity index (χ2n) is 6.42. The molecule has 1 aliphatic rings. The molecule has 1 fully saturated rings. The second-order valence-corrected chi connectivity index (χ2v) is 6.42. The van der Waals surface area contributed by atoms with Gasteiger partial charge in [-0.25, -0.2) is 4.98 Å². The maximum absolute atomic E-state index is 12.6. The summed E-state index contributed by atoms with van der Waals surface area (Å²) in [5, 5.41) is 0. The summed E-state index contributed by atoms with van der Waals surface area (Å²) in [6, 6.07) is 7.41. The minimum atomic E-state index is -0.231. The number of hydrogen-bond donors (Lipinski definition) is 0. The molecule has 0 saturated carbocycles. The molecular formula is C17H21N3O2. The molecule has 0 radical (unpaired) electrons. The highest BCUT2D eigenvalue weighted by molar-refractivity contribution is 5.80. The van der Waals surface area contributed by atoms with E-state index in [9.17, 15) is 9.59 Å². The zero-order valence-corrected chi connectivity index (χ0v) is 13.0. The zero-order chi connectivity index (χ0) is 15.7. The van der Waals surface area contributed by atoms with Crippen LogP contribution in [0.15, 0.2) is 35.3 Å². The number of benzene rings is 1. The number of hydrogen-bond acceptors (Lipinski definition) is 3. The molecule has 1 saturated heterocycles. The van der Waals surface area contributed by atoms with Crippen LogP contribution in [0.4, 0.5) is 0 Å². The molecule has 1 aromatic heterocycles. The van der Waals surface area contributed by atoms with Crippen LogP contribution >= 0.6 is 0 Å². The number of piperidine rings is 1. The molecule has 1 aliphatic heterocycles. The van der Waals surface area contributed by atoms with Gasteiger partial charge in [0.2, 0.25) is 5.91 Å². The van der Waals surface area contributed by atoms with E-state index in [1.807, 2.05) is 29.2 Å². The van der Waals surface area contributed by atoms with Crippen molar-refractivity contribution in [3.05, 3.63) is 40.8 Å². The van der Waals surface area contributed by atoms with Crippen LogP contribution in [-0.2, 0) is 11.3 Å². The van der Waals surface area contributed by atoms with Crippen LogP contribution in [0.2, 0.25) is 0 Å². The molecule has 22 heavy (non-hydrogen) atoms. The third-order valence-electron chi connectivity index (χ3n) is 4.27. The highest BCUT2D eigenvalue weighted by Gasteiger charge is 2.25. The van der Waals surface area contributed by atoms with Crippen molar-refractivity contribution in [2.45, 2.75) is 26.8 Å². The number of likely N-dealkylation sites (tertiary alicyclic amines) is 1. The number of fused-ring (bicyclic) bond motifs is 1. The molecule has 1 aromatic carbocycles. The smallest absolute Gasteiger partial charge is 0.269 e. The van der Waals surface area contributed by atoms with Gasteiger partial charge in [0.15, 0.2) is 0 Å². The van der Waals surface area contributed by atoms with Gasteiger partial charge in [-0.15, -0.1) is 0 Å². The Morgan fingerprint density at radius 3 is 2.64 bits per heavy atom. The monoisotopic (exact) mass is 299 g/mol. The number of carbonyl (C=O) groups is 1. The van der Waals surface area contributed by atoms with Crippen LogP contribution in [0, 0.1) is 11.8 Å². The van der Waals surface area contributed by atoms with Crippen molar-refractivity contribution in [3.63, 3.8) is 0 Å². The molecule has 2 atom stereocenters. The van der Waals surface area contributed by atoms with Crippen LogP contribution in [0.1, 0.15) is 20.3 Å². The molecule has 1 amide bonds. The van der Waals surface area contributed by atoms with Crippen LogP contribution in [-0.4, -0.2) is 33.4 Å². The summed E-state index contributed by atoms with van der Waals surface area (Å²) >= 11 is 0. The topological polar surface area (TPSA) is 55.2 Å². The first-order chi connectivity index (χ1) is 10.5. The molecule has 0 unspecified atom stereocenters. The molecule has 116 valence electrons. The fraction of sp³-hybridized carbons (Fsp3) is 0.471. The Kier molecular flexibility index (Phi) is 3.96. The number of carbonyl (C=O) groups excluding carboxylic acids is 1. The lowest BCUT2D eigenvalue weighted by atomic mass is 9.92. The summed E-state index contributed by atoms with van der Waals surface area (Å²) < 4.78 is 1.52. The Balaban J connectivity index is 1.88. The van der Waals surface area contributed by atoms with E-state index in [1.165, 1.54) is 10.8 Å². The summed E-state index contributed by atoms with van der Waals surface area (Å²) in [4.78, 5) is 30.7. The maximum atomic E-state index is 12.6. The summed E-state index contributed by atoms with van der Waals surface area (Å²) in [5.74, 6) is 1.04. The predicted molar refractivity (Wildman–Crippen MR) is 85.5 cm³/mol. The zero-order valence-electron chi connectivity index (χ0n) is 13.0. The fourth-order valence-electron chi connectivity index (χ4n) is 3.38. The van der Waals surface area contributed by atoms with E-state index in [4.69, 9.17) is 0 Å². The van der Waals surface area contributed by atoms with E-state index in [0.717, 1.165) is 25.0 Å². The quantitative estimate of drug-likeness (QED) is 0.851. The highest BCUT2D eigenvalue weighted by Crippen LogP contribution is 2.21. The van der Waals surface area contributed by atoms with Gasteiger partial charge in [-0.1, -0.05) is 26.0 Å². The lowest BCUT2D eigenvalue weighted by Gasteiger charge is -2.35. The van der Waals surface area contributed by atoms with Crippen molar-refractivity contribution < 1.29 is 4.79 Å². The highest BCUT2D eigenvalue weighted by atomic mass is 16.2. The molecule has 0 bridgehead atoms. The van der Waals surface area contributed by atoms with Crippen molar-refractivity contribution in [1.29, 1.82) is 0 Å². The third kappa shape index (κ3) is 2.89. The van der Waals surface area contributed by atoms with Gasteiger partial charge in [0.05, 0.1) is 17.2 Å². The maximum Gasteiger partial charge on any atom is 0.269 e. The molecule has 0 spiro atoms. The van der Waals surface area contributed by atoms with Gasteiger partial charge in [0, 0.05) is 13.1 Å². The van der Waals surface area contributed by atoms with Gasteiger partial charge in [-0.05, 0) is 30.4 Å². The first-order valence-corrected chi connectivity index (χ1v) is 7.77. The van der Waals surface area contributed by atoms with Crippen molar-refractivity contribution in [2.75, 3.05) is 13.1 Å². The summed E-state index contributed by atoms with van der Waals surface area (Å²) in [7, 11) is 0. The van der Waals surface area contributed by atoms with Crippen LogP contribution in [0.3, 0.4) is 0 Å². The van der Waals surface area contributed by atoms with E-state index in [2.05, 4.69) is 18.8 Å². The number of amides is 1. The Morgan fingerprint density at radius 1 is 1.23 bits per heavy atom. The molecular weight excluding hydrogens is 278 g/mol. The molecule has 5 nitrogen and oxygen atoms in total. The van der Waals surface area contributed by atoms with Crippen molar-refractivity contribution in [1.82, 2.24) is 14.5 Å². The average Bonchev–Trinajstić information content (AvgIpc) is 2.49. The lowest BCUT2D eigenvalue weighted by molar-refractivity contribution is -0.134. The first kappa shape index (κ1) is 14.8. The Bertz CT molecular complexity index is 743. The molecule has 0 aliphatic carbocycles. The van der Waals surface area contributed by atoms with Gasteiger partial charge in [-0.3, -0.25) is 14.2 Å². The number of rotatable bonds is 2. The van der Waals surface area contributed by atoms with Crippen LogP contribution in [0.25, 0.3) is 11.0 Å². The van der Waals surface area contributed by atoms with E-state index >= 15 is 0 Å². The van der Waals surface area contributed by atoms with E-state index < -0.39 is 0 Å². The lowest BCUT2D eigenvalue weighted by Crippen LogP contribution is -2.44. The largest absolute Gasteiger partial charge is 0.341 e. The van der Waals surface area contributed by atoms with E-state index in [1.54, 1.807) is 0 Å². The van der Waals surface area contributed by atoms with Gasteiger partial charge in [0.1, 0.15) is 6.54 Å². The number of para-hydroxylation sites is 2. The minimum Gasteiger partial charge on any atom is -0.341 e. The van der Waals surface area contributed by atoms with Gasteiger partial charge < -0.3 is 4.90 Å². The van der Waals surface area contributed by atoms with E-state index in [0.29, 0.717) is 17.4 Å². The average molecular weight is 299 g/mol. The number of aromatic nitrogens is 2. The summed E-state index contributed by atoms with van der Waals surface area (Å²) in [5.41, 5.74) is 1.21. The number of nitrogens with zero attached hydrogens (tertiary/aromatic N) is 3. The molecule has 5 heteroatoms. The molecule has 2 aromatic rings. The normalized spacial score (nSPS) is 22.0. The van der Waals surface area contributed by atoms with Crippen LogP contribution in [0.5, 0.6) is 0 Å². The molecule has 2 heterocycles. The standard InChI is InChI=1S/C17H21N3O2/c1-12-7-13(2)10-19(9-12)17(22)11-20-15-6-4-3-5-14(15)18-8-16(20)21/h3-6,8,12-13H,7,9-11H2,1-2H3/t12-,13-/m1/s1. The predicted octanol–water partition coefficient (Wildman–Crippen LogP) is 1.90. The fourth-order valence-corrected chi connectivity index (χ4v) is 3.38. The van der Waals surface area contributed by atoms with Gasteiger partial charge >= 0.3 is 0 Å².